The summed E-state index contributed by atoms with van der Waals surface area (Å²) in [5.41, 5.74) is 6.09. The molecule has 0 saturated carbocycles. The van der Waals surface area contributed by atoms with E-state index in [0.29, 0.717) is 0 Å². The van der Waals surface area contributed by atoms with Crippen molar-refractivity contribution in [2.45, 2.75) is 6.18 Å². The van der Waals surface area contributed by atoms with Gasteiger partial charge in [0.1, 0.15) is 0 Å². The number of nitrogens with two attached hydrogens (primary N) is 1. The highest BCUT2D eigenvalue weighted by Crippen LogP contribution is 2.18. The van der Waals surface area contributed by atoms with Crippen molar-refractivity contribution < 1.29 is 18.0 Å². The number of amides is 1. The summed E-state index contributed by atoms with van der Waals surface area (Å²) in [5, 5.41) is 3.97. The van der Waals surface area contributed by atoms with E-state index in [2.05, 4.69) is 5.10 Å². The Bertz CT molecular complexity index is 491. The molecule has 1 aliphatic heterocycles. The van der Waals surface area contributed by atoms with E-state index < -0.39 is 12.7 Å². The highest BCUT2D eigenvalue weighted by Gasteiger charge is 2.33. The molecule has 0 unspecified atom stereocenters. The Hall–Kier alpha value is -1.77. The first-order chi connectivity index (χ1) is 9.26. The maximum Gasteiger partial charge on any atom is 0.401 e. The van der Waals surface area contributed by atoms with Crippen LogP contribution in [0.5, 0.6) is 0 Å². The van der Waals surface area contributed by atoms with Gasteiger partial charge in [-0.1, -0.05) is 0 Å². The van der Waals surface area contributed by atoms with E-state index in [9.17, 15) is 18.0 Å². The van der Waals surface area contributed by atoms with Crippen LogP contribution in [0.25, 0.3) is 0 Å². The smallest absolute Gasteiger partial charge is 0.396 e. The van der Waals surface area contributed by atoms with Gasteiger partial charge in [0, 0.05) is 39.4 Å². The Morgan fingerprint density at radius 2 is 1.95 bits per heavy atom. The van der Waals surface area contributed by atoms with Crippen LogP contribution in [0.4, 0.5) is 18.9 Å². The van der Waals surface area contributed by atoms with Crippen LogP contribution in [0.1, 0.15) is 10.5 Å². The molecule has 20 heavy (non-hydrogen) atoms. The number of halogens is 3. The monoisotopic (exact) mass is 291 g/mol. The van der Waals surface area contributed by atoms with Gasteiger partial charge in [0.15, 0.2) is 5.69 Å². The average Bonchev–Trinajstić information content (AvgIpc) is 2.66. The minimum atomic E-state index is -4.21. The van der Waals surface area contributed by atoms with Crippen LogP contribution < -0.4 is 5.73 Å². The highest BCUT2D eigenvalue weighted by atomic mass is 19.4. The Morgan fingerprint density at radius 3 is 2.40 bits per heavy atom. The third kappa shape index (κ3) is 3.41. The van der Waals surface area contributed by atoms with E-state index in [1.165, 1.54) is 20.7 Å². The summed E-state index contributed by atoms with van der Waals surface area (Å²) in [5.74, 6) is -0.338. The van der Waals surface area contributed by atoms with Crippen LogP contribution in [-0.2, 0) is 7.05 Å². The lowest BCUT2D eigenvalue weighted by molar-refractivity contribution is -0.148. The molecule has 0 bridgehead atoms. The number of carbonyl (C=O) groups excluding carboxylic acids is 1. The zero-order chi connectivity index (χ0) is 14.9. The Balaban J connectivity index is 1.94. The standard InChI is InChI=1S/C11H16F3N5O/c1-17-6-8(15)9(16-17)10(20)19-4-2-18(3-5-19)7-11(12,13)14/h6H,2-5,7,15H2,1H3. The minimum absolute atomic E-state index is 0.150. The van der Waals surface area contributed by atoms with Gasteiger partial charge >= 0.3 is 6.18 Å². The summed E-state index contributed by atoms with van der Waals surface area (Å²) in [4.78, 5) is 14.9. The van der Waals surface area contributed by atoms with Crippen LogP contribution in [0.2, 0.25) is 0 Å². The molecule has 112 valence electrons. The molecular weight excluding hydrogens is 275 g/mol. The summed E-state index contributed by atoms with van der Waals surface area (Å²) < 4.78 is 38.2. The molecule has 1 aromatic rings. The van der Waals surface area contributed by atoms with Gasteiger partial charge in [-0.2, -0.15) is 18.3 Å². The van der Waals surface area contributed by atoms with Gasteiger partial charge in [-0.15, -0.1) is 0 Å². The summed E-state index contributed by atoms with van der Waals surface area (Å²) in [7, 11) is 1.65. The summed E-state index contributed by atoms with van der Waals surface area (Å²) >= 11 is 0. The molecule has 1 aromatic heterocycles. The summed E-state index contributed by atoms with van der Waals surface area (Å²) in [6.45, 7) is -0.0768. The molecule has 2 heterocycles. The molecule has 0 aromatic carbocycles. The van der Waals surface area contributed by atoms with Crippen molar-refractivity contribution in [3.8, 4) is 0 Å². The van der Waals surface area contributed by atoms with Gasteiger partial charge in [0.05, 0.1) is 12.2 Å². The van der Waals surface area contributed by atoms with Gasteiger partial charge in [-0.25, -0.2) is 0 Å². The number of nitrogens with zero attached hydrogens (tertiary/aromatic N) is 4. The lowest BCUT2D eigenvalue weighted by Gasteiger charge is -2.34. The van der Waals surface area contributed by atoms with Crippen LogP contribution in [-0.4, -0.2) is 64.4 Å². The quantitative estimate of drug-likeness (QED) is 0.852. The van der Waals surface area contributed by atoms with Gasteiger partial charge in [0.25, 0.3) is 5.91 Å². The molecule has 0 radical (unpaired) electrons. The molecule has 6 nitrogen and oxygen atoms in total. The molecule has 1 fully saturated rings. The average molecular weight is 291 g/mol. The molecule has 2 rings (SSSR count). The van der Waals surface area contributed by atoms with Crippen molar-refractivity contribution in [3.05, 3.63) is 11.9 Å². The second kappa shape index (κ2) is 5.31. The van der Waals surface area contributed by atoms with E-state index in [4.69, 9.17) is 5.73 Å². The maximum atomic E-state index is 12.3. The minimum Gasteiger partial charge on any atom is -0.396 e. The number of aryl methyl sites for hydroxylation is 1. The molecular formula is C11H16F3N5O. The van der Waals surface area contributed by atoms with Crippen LogP contribution >= 0.6 is 0 Å². The fourth-order valence-electron chi connectivity index (χ4n) is 2.19. The number of nitrogen functional groups attached to an aromatic ring is 1. The molecule has 9 heteroatoms. The molecule has 1 saturated heterocycles. The first-order valence-electron chi connectivity index (χ1n) is 6.14. The van der Waals surface area contributed by atoms with Crippen LogP contribution in [0.15, 0.2) is 6.20 Å². The topological polar surface area (TPSA) is 67.4 Å². The number of aromatic nitrogens is 2. The molecule has 1 aliphatic rings. The van der Waals surface area contributed by atoms with Crippen molar-refractivity contribution >= 4 is 11.6 Å². The number of piperazine rings is 1. The van der Waals surface area contributed by atoms with Gasteiger partial charge in [-0.3, -0.25) is 14.4 Å². The van der Waals surface area contributed by atoms with Crippen LogP contribution in [0, 0.1) is 0 Å². The number of carbonyl (C=O) groups is 1. The fraction of sp³-hybridized carbons (Fsp3) is 0.636. The van der Waals surface area contributed by atoms with Gasteiger partial charge < -0.3 is 10.6 Å². The van der Waals surface area contributed by atoms with Gasteiger partial charge in [-0.05, 0) is 0 Å². The van der Waals surface area contributed by atoms with Crippen molar-refractivity contribution in [2.75, 3.05) is 38.5 Å². The molecule has 1 amide bonds. The Labute approximate surface area is 113 Å². The van der Waals surface area contributed by atoms with Crippen molar-refractivity contribution in [3.63, 3.8) is 0 Å². The third-order valence-corrected chi connectivity index (χ3v) is 3.12. The number of hydrogen-bond donors (Lipinski definition) is 1. The number of alkyl halides is 3. The molecule has 0 aliphatic carbocycles. The SMILES string of the molecule is Cn1cc(N)c(C(=O)N2CCN(CC(F)(F)F)CC2)n1. The predicted molar refractivity (Wildman–Crippen MR) is 66.0 cm³/mol. The normalized spacial score (nSPS) is 17.5. The highest BCUT2D eigenvalue weighted by molar-refractivity contribution is 5.97. The van der Waals surface area contributed by atoms with E-state index >= 15 is 0 Å². The fourth-order valence-corrected chi connectivity index (χ4v) is 2.19. The van der Waals surface area contributed by atoms with E-state index in [0.717, 1.165) is 0 Å². The van der Waals surface area contributed by atoms with E-state index in [1.807, 2.05) is 0 Å². The zero-order valence-corrected chi connectivity index (χ0v) is 11.0. The largest absolute Gasteiger partial charge is 0.401 e. The van der Waals surface area contributed by atoms with Crippen molar-refractivity contribution in [1.29, 1.82) is 0 Å². The lowest BCUT2D eigenvalue weighted by Crippen LogP contribution is -2.51. The first-order valence-corrected chi connectivity index (χ1v) is 6.14. The van der Waals surface area contributed by atoms with Gasteiger partial charge in [0.2, 0.25) is 0 Å². The second-order valence-electron chi connectivity index (χ2n) is 4.79. The number of hydrogen-bond acceptors (Lipinski definition) is 4. The third-order valence-electron chi connectivity index (χ3n) is 3.12. The van der Waals surface area contributed by atoms with Crippen molar-refractivity contribution in [1.82, 2.24) is 19.6 Å². The first kappa shape index (κ1) is 14.6. The Kier molecular flexibility index (Phi) is 3.89. The Morgan fingerprint density at radius 1 is 1.35 bits per heavy atom. The number of anilines is 1. The van der Waals surface area contributed by atoms with E-state index in [1.54, 1.807) is 7.05 Å². The summed E-state index contributed by atoms with van der Waals surface area (Å²) in [6, 6.07) is 0. The maximum absolute atomic E-state index is 12.3. The molecule has 2 N–H and O–H groups in total. The predicted octanol–water partition coefficient (Wildman–Crippen LogP) is 0.322. The number of rotatable bonds is 2. The second-order valence-corrected chi connectivity index (χ2v) is 4.79. The van der Waals surface area contributed by atoms with Crippen LogP contribution in [0.3, 0.4) is 0 Å². The van der Waals surface area contributed by atoms with E-state index in [-0.39, 0.29) is 43.5 Å². The molecule has 0 atom stereocenters. The lowest BCUT2D eigenvalue weighted by atomic mass is 10.2. The van der Waals surface area contributed by atoms with Crippen molar-refractivity contribution in [2.24, 2.45) is 7.05 Å². The zero-order valence-electron chi connectivity index (χ0n) is 11.0. The summed E-state index contributed by atoms with van der Waals surface area (Å²) in [6.07, 6.45) is -2.69. The molecule has 0 spiro atoms.